The maximum absolute atomic E-state index is 5.90. The number of nitrogen functional groups attached to an aromatic ring is 1. The van der Waals surface area contributed by atoms with Gasteiger partial charge in [-0.25, -0.2) is 9.97 Å². The van der Waals surface area contributed by atoms with Crippen LogP contribution in [0.5, 0.6) is 0 Å². The molecule has 0 bridgehead atoms. The summed E-state index contributed by atoms with van der Waals surface area (Å²) in [5, 5.41) is 2.58. The molecule has 2 aromatic rings. The predicted molar refractivity (Wildman–Crippen MR) is 73.3 cm³/mol. The second-order valence-corrected chi connectivity index (χ2v) is 5.68. The molecular formula is C12H14ClN3S. The Morgan fingerprint density at radius 2 is 2.12 bits per heavy atom. The first kappa shape index (κ1) is 12.3. The molecule has 0 atom stereocenters. The molecular weight excluding hydrogens is 254 g/mol. The molecule has 0 amide bonds. The summed E-state index contributed by atoms with van der Waals surface area (Å²) >= 11 is 7.42. The van der Waals surface area contributed by atoms with Gasteiger partial charge in [0.25, 0.3) is 0 Å². The highest BCUT2D eigenvalue weighted by Gasteiger charge is 2.09. The van der Waals surface area contributed by atoms with Crippen molar-refractivity contribution in [1.29, 1.82) is 0 Å². The fraction of sp³-hybridized carbons (Fsp3) is 0.333. The molecule has 0 fully saturated rings. The van der Waals surface area contributed by atoms with E-state index < -0.39 is 0 Å². The lowest BCUT2D eigenvalue weighted by Crippen LogP contribution is -2.02. The second kappa shape index (κ2) is 5.02. The van der Waals surface area contributed by atoms with Gasteiger partial charge >= 0.3 is 0 Å². The van der Waals surface area contributed by atoms with Crippen molar-refractivity contribution in [2.45, 2.75) is 20.3 Å². The molecule has 5 heteroatoms. The van der Waals surface area contributed by atoms with Gasteiger partial charge in [0.15, 0.2) is 5.82 Å². The van der Waals surface area contributed by atoms with Gasteiger partial charge in [0, 0.05) is 17.1 Å². The van der Waals surface area contributed by atoms with Crippen LogP contribution in [0.3, 0.4) is 0 Å². The topological polar surface area (TPSA) is 51.8 Å². The van der Waals surface area contributed by atoms with Gasteiger partial charge in [0.2, 0.25) is 0 Å². The number of hydrogen-bond acceptors (Lipinski definition) is 4. The summed E-state index contributed by atoms with van der Waals surface area (Å²) in [4.78, 5) is 9.71. The van der Waals surface area contributed by atoms with Crippen molar-refractivity contribution in [3.63, 3.8) is 0 Å². The molecule has 2 N–H and O–H groups in total. The Hall–Kier alpha value is -1.13. The smallest absolute Gasteiger partial charge is 0.171 e. The average Bonchev–Trinajstić information content (AvgIpc) is 2.62. The van der Waals surface area contributed by atoms with E-state index in [2.05, 4.69) is 23.8 Å². The normalized spacial score (nSPS) is 11.1. The number of nitrogens with two attached hydrogens (primary N) is 1. The minimum atomic E-state index is 0.509. The van der Waals surface area contributed by atoms with Gasteiger partial charge in [-0.2, -0.15) is 0 Å². The van der Waals surface area contributed by atoms with Crippen LogP contribution in [0, 0.1) is 5.92 Å². The standard InChI is InChI=1S/C12H14ClN3S/c1-7(2)3-9-5-11(14)16-12(15-9)10-4-8(13)6-17-10/h4-7H,3H2,1-2H3,(H2,14,15,16). The average molecular weight is 268 g/mol. The zero-order chi connectivity index (χ0) is 12.4. The zero-order valence-electron chi connectivity index (χ0n) is 9.77. The molecule has 0 aromatic carbocycles. The Morgan fingerprint density at radius 3 is 2.71 bits per heavy atom. The molecule has 2 aromatic heterocycles. The summed E-state index contributed by atoms with van der Waals surface area (Å²) in [5.74, 6) is 1.72. The Labute approximate surface area is 110 Å². The molecule has 2 heterocycles. The van der Waals surface area contributed by atoms with Gasteiger partial charge in [-0.1, -0.05) is 25.4 Å². The van der Waals surface area contributed by atoms with E-state index in [1.165, 1.54) is 11.3 Å². The number of hydrogen-bond donors (Lipinski definition) is 1. The summed E-state index contributed by atoms with van der Waals surface area (Å²) in [5.41, 5.74) is 6.78. The largest absolute Gasteiger partial charge is 0.384 e. The quantitative estimate of drug-likeness (QED) is 0.924. The third-order valence-electron chi connectivity index (χ3n) is 2.20. The van der Waals surface area contributed by atoms with E-state index in [-0.39, 0.29) is 0 Å². The van der Waals surface area contributed by atoms with Crippen molar-refractivity contribution in [1.82, 2.24) is 9.97 Å². The maximum Gasteiger partial charge on any atom is 0.171 e. The summed E-state index contributed by atoms with van der Waals surface area (Å²) < 4.78 is 0. The molecule has 0 aliphatic carbocycles. The molecule has 0 spiro atoms. The SMILES string of the molecule is CC(C)Cc1cc(N)nc(-c2cc(Cl)cs2)n1. The molecule has 3 nitrogen and oxygen atoms in total. The second-order valence-electron chi connectivity index (χ2n) is 4.33. The first-order valence-electron chi connectivity index (χ1n) is 5.42. The number of halogens is 1. The molecule has 90 valence electrons. The van der Waals surface area contributed by atoms with Crippen LogP contribution in [0.25, 0.3) is 10.7 Å². The fourth-order valence-electron chi connectivity index (χ4n) is 1.58. The van der Waals surface area contributed by atoms with Crippen molar-refractivity contribution >= 4 is 28.8 Å². The molecule has 0 radical (unpaired) electrons. The maximum atomic E-state index is 5.90. The zero-order valence-corrected chi connectivity index (χ0v) is 11.3. The number of anilines is 1. The van der Waals surface area contributed by atoms with E-state index in [0.29, 0.717) is 22.6 Å². The van der Waals surface area contributed by atoms with Crippen molar-refractivity contribution < 1.29 is 0 Å². The number of rotatable bonds is 3. The molecule has 0 aliphatic rings. The first-order chi connectivity index (χ1) is 8.04. The first-order valence-corrected chi connectivity index (χ1v) is 6.68. The van der Waals surface area contributed by atoms with Crippen LogP contribution < -0.4 is 5.73 Å². The minimum absolute atomic E-state index is 0.509. The van der Waals surface area contributed by atoms with E-state index in [4.69, 9.17) is 17.3 Å². The van der Waals surface area contributed by atoms with Crippen molar-refractivity contribution in [3.05, 3.63) is 28.2 Å². The van der Waals surface area contributed by atoms with Crippen LogP contribution in [-0.4, -0.2) is 9.97 Å². The van der Waals surface area contributed by atoms with Gasteiger partial charge in [-0.05, 0) is 18.4 Å². The highest BCUT2D eigenvalue weighted by molar-refractivity contribution is 7.14. The lowest BCUT2D eigenvalue weighted by Gasteiger charge is -2.06. The highest BCUT2D eigenvalue weighted by Crippen LogP contribution is 2.28. The molecule has 17 heavy (non-hydrogen) atoms. The summed E-state index contributed by atoms with van der Waals surface area (Å²) in [6, 6.07) is 3.69. The van der Waals surface area contributed by atoms with Crippen LogP contribution in [0.4, 0.5) is 5.82 Å². The Bertz CT molecular complexity index is 522. The predicted octanol–water partition coefficient (Wildman–Crippen LogP) is 3.64. The molecule has 0 unspecified atom stereocenters. The third-order valence-corrected chi connectivity index (χ3v) is 3.48. The van der Waals surface area contributed by atoms with E-state index in [1.54, 1.807) is 0 Å². The van der Waals surface area contributed by atoms with Crippen LogP contribution in [0.2, 0.25) is 5.02 Å². The molecule has 0 saturated heterocycles. The fourth-order valence-corrected chi connectivity index (χ4v) is 2.59. The van der Waals surface area contributed by atoms with Gasteiger partial charge in [0.05, 0.1) is 9.90 Å². The Balaban J connectivity index is 2.37. The van der Waals surface area contributed by atoms with Gasteiger partial charge in [-0.15, -0.1) is 11.3 Å². The van der Waals surface area contributed by atoms with Gasteiger partial charge in [-0.3, -0.25) is 0 Å². The van der Waals surface area contributed by atoms with E-state index >= 15 is 0 Å². The molecule has 0 aliphatic heterocycles. The van der Waals surface area contributed by atoms with Crippen molar-refractivity contribution in [2.24, 2.45) is 5.92 Å². The Kier molecular flexibility index (Phi) is 3.64. The van der Waals surface area contributed by atoms with Gasteiger partial charge in [0.1, 0.15) is 5.82 Å². The summed E-state index contributed by atoms with van der Waals surface area (Å²) in [6.45, 7) is 4.31. The minimum Gasteiger partial charge on any atom is -0.384 e. The number of aromatic nitrogens is 2. The van der Waals surface area contributed by atoms with Crippen LogP contribution in [-0.2, 0) is 6.42 Å². The van der Waals surface area contributed by atoms with Crippen LogP contribution in [0.15, 0.2) is 17.5 Å². The number of nitrogens with zero attached hydrogens (tertiary/aromatic N) is 2. The van der Waals surface area contributed by atoms with Crippen LogP contribution in [0.1, 0.15) is 19.5 Å². The Morgan fingerprint density at radius 1 is 1.35 bits per heavy atom. The molecule has 2 rings (SSSR count). The lowest BCUT2D eigenvalue weighted by atomic mass is 10.1. The van der Waals surface area contributed by atoms with Crippen molar-refractivity contribution in [3.8, 4) is 10.7 Å². The van der Waals surface area contributed by atoms with Crippen molar-refractivity contribution in [2.75, 3.05) is 5.73 Å². The number of thiophene rings is 1. The lowest BCUT2D eigenvalue weighted by molar-refractivity contribution is 0.635. The highest BCUT2D eigenvalue weighted by atomic mass is 35.5. The van der Waals surface area contributed by atoms with Crippen LogP contribution >= 0.6 is 22.9 Å². The van der Waals surface area contributed by atoms with E-state index in [0.717, 1.165) is 17.0 Å². The summed E-state index contributed by atoms with van der Waals surface area (Å²) in [6.07, 6.45) is 0.902. The third kappa shape index (κ3) is 3.17. The van der Waals surface area contributed by atoms with Gasteiger partial charge < -0.3 is 5.73 Å². The monoisotopic (exact) mass is 267 g/mol. The van der Waals surface area contributed by atoms with E-state index in [9.17, 15) is 0 Å². The van der Waals surface area contributed by atoms with E-state index in [1.807, 2.05) is 17.5 Å². The molecule has 0 saturated carbocycles. The summed E-state index contributed by atoms with van der Waals surface area (Å²) in [7, 11) is 0.